The van der Waals surface area contributed by atoms with Gasteiger partial charge >= 0.3 is 0 Å². The molecule has 4 aliphatic rings. The van der Waals surface area contributed by atoms with Crippen LogP contribution in [0.25, 0.3) is 11.0 Å². The predicted molar refractivity (Wildman–Crippen MR) is 130 cm³/mol. The number of amides is 1. The van der Waals surface area contributed by atoms with Gasteiger partial charge in [-0.3, -0.25) is 9.59 Å². The number of hydrogen-bond donors (Lipinski definition) is 0. The summed E-state index contributed by atoms with van der Waals surface area (Å²) in [5, 5.41) is 5.15. The normalized spacial score (nSPS) is 25.4. The zero-order valence-electron chi connectivity index (χ0n) is 20.3. The number of carbonyl (C=O) groups is 2. The molecule has 0 radical (unpaired) electrons. The van der Waals surface area contributed by atoms with Gasteiger partial charge in [0, 0.05) is 48.4 Å². The fourth-order valence-electron chi connectivity index (χ4n) is 6.55. The molecule has 7 heteroatoms. The van der Waals surface area contributed by atoms with E-state index in [-0.39, 0.29) is 23.4 Å². The van der Waals surface area contributed by atoms with Gasteiger partial charge in [-0.2, -0.15) is 0 Å². The minimum absolute atomic E-state index is 0.208. The van der Waals surface area contributed by atoms with E-state index in [1.807, 2.05) is 4.90 Å². The molecule has 2 atom stereocenters. The van der Waals surface area contributed by atoms with Crippen molar-refractivity contribution in [3.63, 3.8) is 0 Å². The van der Waals surface area contributed by atoms with E-state index in [9.17, 15) is 14.0 Å². The van der Waals surface area contributed by atoms with E-state index in [4.69, 9.17) is 4.52 Å². The highest BCUT2D eigenvalue weighted by Gasteiger charge is 2.41. The van der Waals surface area contributed by atoms with Crippen molar-refractivity contribution in [1.29, 1.82) is 0 Å². The Kier molecular flexibility index (Phi) is 5.83. The molecule has 1 aromatic heterocycles. The Morgan fingerprint density at radius 3 is 2.77 bits per heavy atom. The number of ketones is 1. The van der Waals surface area contributed by atoms with Crippen LogP contribution in [0, 0.1) is 17.7 Å². The standard InChI is InChI=1S/C28H32FN3O3/c1-17-13-26(34)32-12-8-19-14-20(15-23(17)28(19)32)24(33)3-2-9-31-10-6-18(7-11-31)27-22-5-4-21(29)16-25(22)35-30-27/h4-5,15-19H,2-3,6-14H2,1H3. The molecule has 0 N–H and O–H groups in total. The molecule has 2 fully saturated rings. The van der Waals surface area contributed by atoms with Gasteiger partial charge in [-0.15, -0.1) is 0 Å². The minimum atomic E-state index is -0.306. The van der Waals surface area contributed by atoms with Crippen LogP contribution in [0.3, 0.4) is 0 Å². The summed E-state index contributed by atoms with van der Waals surface area (Å²) in [7, 11) is 0. The third kappa shape index (κ3) is 4.14. The Morgan fingerprint density at radius 1 is 1.14 bits per heavy atom. The molecular formula is C28H32FN3O3. The molecule has 35 heavy (non-hydrogen) atoms. The van der Waals surface area contributed by atoms with Gasteiger partial charge in [0.2, 0.25) is 5.91 Å². The van der Waals surface area contributed by atoms with Crippen molar-refractivity contribution >= 4 is 22.7 Å². The Morgan fingerprint density at radius 2 is 1.94 bits per heavy atom. The maximum atomic E-state index is 13.4. The maximum Gasteiger partial charge on any atom is 0.227 e. The second-order valence-electron chi connectivity index (χ2n) is 10.7. The molecule has 0 bridgehead atoms. The molecule has 0 spiro atoms. The van der Waals surface area contributed by atoms with Gasteiger partial charge < -0.3 is 14.3 Å². The van der Waals surface area contributed by atoms with Crippen LogP contribution in [0.15, 0.2) is 45.6 Å². The lowest BCUT2D eigenvalue weighted by molar-refractivity contribution is -0.130. The summed E-state index contributed by atoms with van der Waals surface area (Å²) in [5.41, 5.74) is 4.85. The van der Waals surface area contributed by atoms with Gasteiger partial charge in [-0.25, -0.2) is 4.39 Å². The van der Waals surface area contributed by atoms with Gasteiger partial charge in [-0.05, 0) is 80.9 Å². The lowest BCUT2D eigenvalue weighted by Crippen LogP contribution is -2.36. The van der Waals surface area contributed by atoms with Crippen molar-refractivity contribution in [2.45, 2.75) is 57.8 Å². The summed E-state index contributed by atoms with van der Waals surface area (Å²) < 4.78 is 18.8. The van der Waals surface area contributed by atoms with E-state index in [0.717, 1.165) is 74.9 Å². The Bertz CT molecular complexity index is 1240. The second-order valence-corrected chi connectivity index (χ2v) is 10.7. The number of fused-ring (bicyclic) bond motifs is 1. The number of hydrogen-bond acceptors (Lipinski definition) is 5. The molecule has 6 rings (SSSR count). The van der Waals surface area contributed by atoms with E-state index in [2.05, 4.69) is 23.1 Å². The fraction of sp³-hybridized carbons (Fsp3) is 0.536. The van der Waals surface area contributed by atoms with Crippen LogP contribution in [0.1, 0.15) is 63.5 Å². The third-order valence-corrected chi connectivity index (χ3v) is 8.46. The molecular weight excluding hydrogens is 445 g/mol. The lowest BCUT2D eigenvalue weighted by atomic mass is 9.79. The van der Waals surface area contributed by atoms with E-state index < -0.39 is 0 Å². The van der Waals surface area contributed by atoms with Crippen molar-refractivity contribution in [2.24, 2.45) is 11.8 Å². The SMILES string of the molecule is CC1CC(=O)N2CCC3CC(C(=O)CCCN4CCC(c5noc6cc(F)ccc56)CC4)=CC1=C32. The number of piperidine rings is 1. The topological polar surface area (TPSA) is 66.7 Å². The molecule has 2 aromatic rings. The number of likely N-dealkylation sites (tertiary alicyclic amines) is 1. The Balaban J connectivity index is 1.02. The third-order valence-electron chi connectivity index (χ3n) is 8.46. The quantitative estimate of drug-likeness (QED) is 0.588. The number of Topliss-reactive ketones (excluding diaryl/α,β-unsaturated/α-hetero) is 1. The number of rotatable bonds is 6. The minimum Gasteiger partial charge on any atom is -0.356 e. The first-order valence-corrected chi connectivity index (χ1v) is 13.0. The van der Waals surface area contributed by atoms with Gasteiger partial charge in [0.25, 0.3) is 0 Å². The van der Waals surface area contributed by atoms with E-state index >= 15 is 0 Å². The maximum absolute atomic E-state index is 13.4. The van der Waals surface area contributed by atoms with Crippen LogP contribution in [0.4, 0.5) is 4.39 Å². The van der Waals surface area contributed by atoms with E-state index in [1.165, 1.54) is 23.4 Å². The zero-order valence-corrected chi connectivity index (χ0v) is 20.3. The van der Waals surface area contributed by atoms with Crippen LogP contribution < -0.4 is 0 Å². The van der Waals surface area contributed by atoms with Gasteiger partial charge in [0.05, 0.1) is 5.69 Å². The van der Waals surface area contributed by atoms with Crippen LogP contribution in [0.2, 0.25) is 0 Å². The first kappa shape index (κ1) is 22.7. The van der Waals surface area contributed by atoms with Crippen molar-refractivity contribution in [3.8, 4) is 0 Å². The highest BCUT2D eigenvalue weighted by atomic mass is 19.1. The summed E-state index contributed by atoms with van der Waals surface area (Å²) in [4.78, 5) is 29.8. The molecule has 6 nitrogen and oxygen atoms in total. The molecule has 184 valence electrons. The molecule has 2 saturated heterocycles. The number of carbonyl (C=O) groups excluding carboxylic acids is 2. The van der Waals surface area contributed by atoms with Gasteiger partial charge in [0.1, 0.15) is 5.82 Å². The van der Waals surface area contributed by atoms with E-state index in [0.29, 0.717) is 30.3 Å². The number of aromatic nitrogens is 1. The van der Waals surface area contributed by atoms with Crippen molar-refractivity contribution in [2.75, 3.05) is 26.2 Å². The van der Waals surface area contributed by atoms with E-state index in [1.54, 1.807) is 6.07 Å². The van der Waals surface area contributed by atoms with Crippen molar-refractivity contribution in [1.82, 2.24) is 15.0 Å². The summed E-state index contributed by atoms with van der Waals surface area (Å²) in [6.45, 7) is 5.78. The molecule has 1 aromatic carbocycles. The molecule has 3 aliphatic heterocycles. The average Bonchev–Trinajstić information content (AvgIpc) is 3.47. The zero-order chi connectivity index (χ0) is 24.1. The van der Waals surface area contributed by atoms with Crippen LogP contribution in [-0.2, 0) is 9.59 Å². The first-order chi connectivity index (χ1) is 17.0. The summed E-state index contributed by atoms with van der Waals surface area (Å²) in [6.07, 6.45) is 7.86. The monoisotopic (exact) mass is 477 g/mol. The second kappa shape index (κ2) is 9.01. The molecule has 0 saturated carbocycles. The van der Waals surface area contributed by atoms with Gasteiger partial charge in [0.15, 0.2) is 11.4 Å². The summed E-state index contributed by atoms with van der Waals surface area (Å²) in [6, 6.07) is 4.63. The molecule has 1 amide bonds. The first-order valence-electron chi connectivity index (χ1n) is 13.0. The van der Waals surface area contributed by atoms with Crippen molar-refractivity contribution < 1.29 is 18.5 Å². The number of nitrogens with zero attached hydrogens (tertiary/aromatic N) is 3. The average molecular weight is 478 g/mol. The predicted octanol–water partition coefficient (Wildman–Crippen LogP) is 4.97. The van der Waals surface area contributed by atoms with Crippen LogP contribution in [0.5, 0.6) is 0 Å². The Hall–Kier alpha value is -2.80. The summed E-state index contributed by atoms with van der Waals surface area (Å²) >= 11 is 0. The molecule has 1 aliphatic carbocycles. The smallest absolute Gasteiger partial charge is 0.227 e. The van der Waals surface area contributed by atoms with Crippen molar-refractivity contribution in [3.05, 3.63) is 52.6 Å². The number of allylic oxidation sites excluding steroid dienone is 4. The highest BCUT2D eigenvalue weighted by molar-refractivity contribution is 5.96. The Labute approximate surface area is 204 Å². The fourth-order valence-corrected chi connectivity index (χ4v) is 6.55. The summed E-state index contributed by atoms with van der Waals surface area (Å²) in [5.74, 6) is 1.08. The molecule has 2 unspecified atom stereocenters. The van der Waals surface area contributed by atoms with Crippen LogP contribution in [-0.4, -0.2) is 52.8 Å². The highest BCUT2D eigenvalue weighted by Crippen LogP contribution is 2.45. The van der Waals surface area contributed by atoms with Gasteiger partial charge in [-0.1, -0.05) is 18.2 Å². The largest absolute Gasteiger partial charge is 0.356 e. The number of benzene rings is 1. The van der Waals surface area contributed by atoms with Crippen LogP contribution >= 0.6 is 0 Å². The molecule has 4 heterocycles. The number of halogens is 1. The lowest BCUT2D eigenvalue weighted by Gasteiger charge is -2.34.